The number of piperazine rings is 1. The molecule has 2 aromatic rings. The third-order valence-corrected chi connectivity index (χ3v) is 6.90. The van der Waals surface area contributed by atoms with Crippen molar-refractivity contribution in [3.63, 3.8) is 0 Å². The number of fused-ring (bicyclic) bond motifs is 1. The van der Waals surface area contributed by atoms with E-state index in [0.29, 0.717) is 12.1 Å². The highest BCUT2D eigenvalue weighted by molar-refractivity contribution is 5.93. The van der Waals surface area contributed by atoms with E-state index in [1.54, 1.807) is 30.3 Å². The summed E-state index contributed by atoms with van der Waals surface area (Å²) in [6, 6.07) is 8.28. The van der Waals surface area contributed by atoms with Gasteiger partial charge in [-0.15, -0.1) is 0 Å². The number of hydrogen-bond acceptors (Lipinski definition) is 6. The highest BCUT2D eigenvalue weighted by Gasteiger charge is 2.50. The van der Waals surface area contributed by atoms with Crippen molar-refractivity contribution >= 4 is 23.9 Å². The molecule has 0 spiro atoms. The number of hydrogen-bond donors (Lipinski definition) is 0. The molecule has 2 atom stereocenters. The molecular formula is C27H25F6N3O6. The molecule has 2 saturated heterocycles. The van der Waals surface area contributed by atoms with Crippen LogP contribution in [-0.2, 0) is 49.4 Å². The minimum absolute atomic E-state index is 0.0404. The zero-order valence-corrected chi connectivity index (χ0v) is 22.1. The maximum atomic E-state index is 13.4. The second-order valence-electron chi connectivity index (χ2n) is 9.69. The van der Waals surface area contributed by atoms with Crippen molar-refractivity contribution in [2.24, 2.45) is 0 Å². The molecule has 0 aromatic heterocycles. The normalized spacial score (nSPS) is 19.5. The Morgan fingerprint density at radius 3 is 2.12 bits per heavy atom. The number of esters is 1. The Morgan fingerprint density at radius 2 is 1.55 bits per heavy atom. The summed E-state index contributed by atoms with van der Waals surface area (Å²) in [5.41, 5.74) is -2.96. The summed E-state index contributed by atoms with van der Waals surface area (Å²) in [5.74, 6) is -1.88. The number of alkyl halides is 6. The van der Waals surface area contributed by atoms with E-state index in [4.69, 9.17) is 4.74 Å². The van der Waals surface area contributed by atoms with Gasteiger partial charge in [-0.25, -0.2) is 4.79 Å². The Kier molecular flexibility index (Phi) is 8.68. The van der Waals surface area contributed by atoms with Gasteiger partial charge in [0.05, 0.1) is 31.2 Å². The van der Waals surface area contributed by atoms with Gasteiger partial charge in [0.15, 0.2) is 0 Å². The molecule has 2 fully saturated rings. The molecule has 0 unspecified atom stereocenters. The van der Waals surface area contributed by atoms with E-state index in [2.05, 4.69) is 4.74 Å². The molecular weight excluding hydrogens is 576 g/mol. The molecule has 0 bridgehead atoms. The average molecular weight is 602 g/mol. The van der Waals surface area contributed by atoms with Crippen LogP contribution >= 0.6 is 0 Å². The summed E-state index contributed by atoms with van der Waals surface area (Å²) in [5, 5.41) is 0. The van der Waals surface area contributed by atoms with Crippen LogP contribution in [0.3, 0.4) is 0 Å². The molecule has 4 rings (SSSR count). The largest absolute Gasteiger partial charge is 0.469 e. The minimum atomic E-state index is -5.08. The van der Waals surface area contributed by atoms with E-state index in [9.17, 15) is 45.5 Å². The fraction of sp³-hybridized carbons (Fsp3) is 0.407. The number of benzene rings is 2. The van der Waals surface area contributed by atoms with Crippen LogP contribution in [0.25, 0.3) is 0 Å². The van der Waals surface area contributed by atoms with Crippen LogP contribution in [-0.4, -0.2) is 71.0 Å². The van der Waals surface area contributed by atoms with Crippen LogP contribution in [0.4, 0.5) is 31.1 Å². The van der Waals surface area contributed by atoms with E-state index in [1.807, 2.05) is 0 Å². The van der Waals surface area contributed by atoms with Gasteiger partial charge >= 0.3 is 24.4 Å². The fourth-order valence-electron chi connectivity index (χ4n) is 4.91. The number of methoxy groups -OCH3 is 1. The smallest absolute Gasteiger partial charge is 0.416 e. The van der Waals surface area contributed by atoms with Crippen LogP contribution in [0.5, 0.6) is 0 Å². The van der Waals surface area contributed by atoms with Crippen molar-refractivity contribution < 1.29 is 55.0 Å². The van der Waals surface area contributed by atoms with Crippen molar-refractivity contribution in [1.82, 2.24) is 14.7 Å². The SMILES string of the molecule is COC(=O)C[C@H]1C(=O)N(Cc2ccccc2)C[C@@H]2N(C(=O)OCc3cc(C(F)(F)F)cc(C(F)(F)F)c3)CCC(=O)N21. The second kappa shape index (κ2) is 11.9. The molecule has 2 aromatic carbocycles. The van der Waals surface area contributed by atoms with Crippen molar-refractivity contribution in [1.29, 1.82) is 0 Å². The zero-order valence-electron chi connectivity index (χ0n) is 22.1. The topological polar surface area (TPSA) is 96.5 Å². The van der Waals surface area contributed by atoms with Gasteiger partial charge in [-0.1, -0.05) is 30.3 Å². The summed E-state index contributed by atoms with van der Waals surface area (Å²) in [6.07, 6.45) is -13.2. The van der Waals surface area contributed by atoms with Crippen LogP contribution in [0.1, 0.15) is 35.1 Å². The lowest BCUT2D eigenvalue weighted by molar-refractivity contribution is -0.171. The molecule has 226 valence electrons. The highest BCUT2D eigenvalue weighted by atomic mass is 19.4. The number of nitrogens with zero attached hydrogens (tertiary/aromatic N) is 3. The van der Waals surface area contributed by atoms with Gasteiger partial charge in [0.25, 0.3) is 0 Å². The molecule has 42 heavy (non-hydrogen) atoms. The van der Waals surface area contributed by atoms with Crippen LogP contribution in [0, 0.1) is 0 Å². The van der Waals surface area contributed by atoms with Gasteiger partial charge in [0, 0.05) is 19.5 Å². The maximum absolute atomic E-state index is 13.4. The van der Waals surface area contributed by atoms with Gasteiger partial charge in [0.1, 0.15) is 18.8 Å². The summed E-state index contributed by atoms with van der Waals surface area (Å²) in [6.45, 7) is -1.24. The van der Waals surface area contributed by atoms with E-state index in [1.165, 1.54) is 4.90 Å². The van der Waals surface area contributed by atoms with Crippen molar-refractivity contribution in [2.45, 2.75) is 50.6 Å². The molecule has 2 aliphatic rings. The summed E-state index contributed by atoms with van der Waals surface area (Å²) < 4.78 is 89.2. The Labute approximate surface area is 235 Å². The number of rotatable bonds is 6. The molecule has 15 heteroatoms. The quantitative estimate of drug-likeness (QED) is 0.364. The molecule has 0 saturated carbocycles. The van der Waals surface area contributed by atoms with Crippen molar-refractivity contribution in [3.8, 4) is 0 Å². The lowest BCUT2D eigenvalue weighted by Crippen LogP contribution is -2.71. The average Bonchev–Trinajstić information content (AvgIpc) is 2.93. The first-order valence-corrected chi connectivity index (χ1v) is 12.6. The fourth-order valence-corrected chi connectivity index (χ4v) is 4.91. The van der Waals surface area contributed by atoms with E-state index in [-0.39, 0.29) is 32.1 Å². The van der Waals surface area contributed by atoms with Gasteiger partial charge in [-0.3, -0.25) is 19.3 Å². The highest BCUT2D eigenvalue weighted by Crippen LogP contribution is 2.37. The lowest BCUT2D eigenvalue weighted by atomic mass is 10.0. The minimum Gasteiger partial charge on any atom is -0.469 e. The van der Waals surface area contributed by atoms with Crippen molar-refractivity contribution in [2.75, 3.05) is 20.2 Å². The predicted octanol–water partition coefficient (Wildman–Crippen LogP) is 4.20. The number of ether oxygens (including phenoxy) is 2. The Hall–Kier alpha value is -4.30. The van der Waals surface area contributed by atoms with Crippen molar-refractivity contribution in [3.05, 3.63) is 70.8 Å². The van der Waals surface area contributed by atoms with Crippen LogP contribution in [0.2, 0.25) is 0 Å². The molecule has 9 nitrogen and oxygen atoms in total. The molecule has 0 N–H and O–H groups in total. The van der Waals surface area contributed by atoms with E-state index < -0.39 is 78.2 Å². The first kappa shape index (κ1) is 30.7. The second-order valence-corrected chi connectivity index (χ2v) is 9.69. The Bertz CT molecular complexity index is 1320. The van der Waals surface area contributed by atoms with Gasteiger partial charge in [0.2, 0.25) is 11.8 Å². The molecule has 0 radical (unpaired) electrons. The molecule has 2 heterocycles. The van der Waals surface area contributed by atoms with Gasteiger partial charge in [-0.2, -0.15) is 26.3 Å². The first-order valence-electron chi connectivity index (χ1n) is 12.6. The number of carbonyl (C=O) groups is 4. The zero-order chi connectivity index (χ0) is 30.8. The van der Waals surface area contributed by atoms with Gasteiger partial charge in [-0.05, 0) is 29.3 Å². The number of halogens is 6. The lowest BCUT2D eigenvalue weighted by Gasteiger charge is -2.51. The summed E-state index contributed by atoms with van der Waals surface area (Å²) >= 11 is 0. The molecule has 2 aliphatic heterocycles. The maximum Gasteiger partial charge on any atom is 0.416 e. The first-order chi connectivity index (χ1) is 19.7. The third kappa shape index (κ3) is 6.77. The number of carbonyl (C=O) groups excluding carboxylic acids is 4. The van der Waals surface area contributed by atoms with E-state index >= 15 is 0 Å². The van der Waals surface area contributed by atoms with Crippen LogP contribution in [0.15, 0.2) is 48.5 Å². The monoisotopic (exact) mass is 601 g/mol. The summed E-state index contributed by atoms with van der Waals surface area (Å²) in [7, 11) is 1.11. The standard InChI is InChI=1S/C27H25F6N3O6/c1-41-23(38)12-20-24(39)34(13-16-5-3-2-4-6-16)14-21-35(8-7-22(37)36(20)21)25(40)42-15-17-9-18(26(28,29)30)11-19(10-17)27(31,32)33/h2-6,9-11,20-21H,7-8,12-15H2,1H3/t20-,21+/m0/s1. The summed E-state index contributed by atoms with van der Waals surface area (Å²) in [4.78, 5) is 55.1. The van der Waals surface area contributed by atoms with Gasteiger partial charge < -0.3 is 19.3 Å². The van der Waals surface area contributed by atoms with E-state index in [0.717, 1.165) is 22.5 Å². The Morgan fingerprint density at radius 1 is 0.929 bits per heavy atom. The number of amides is 3. The molecule has 3 amide bonds. The Balaban J connectivity index is 1.60. The van der Waals surface area contributed by atoms with Crippen LogP contribution < -0.4 is 0 Å². The molecule has 0 aliphatic carbocycles. The third-order valence-electron chi connectivity index (χ3n) is 6.90. The predicted molar refractivity (Wildman–Crippen MR) is 131 cm³/mol.